The van der Waals surface area contributed by atoms with E-state index in [0.717, 1.165) is 11.3 Å². The average Bonchev–Trinajstić information content (AvgIpc) is 2.35. The van der Waals surface area contributed by atoms with Gasteiger partial charge in [-0.25, -0.2) is 9.79 Å². The molecular weight excluding hydrogens is 238 g/mol. The van der Waals surface area contributed by atoms with Gasteiger partial charge < -0.3 is 4.74 Å². The summed E-state index contributed by atoms with van der Waals surface area (Å²) in [6.45, 7) is 11.6. The van der Waals surface area contributed by atoms with Crippen molar-refractivity contribution in [3.63, 3.8) is 0 Å². The van der Waals surface area contributed by atoms with Crippen molar-refractivity contribution in [2.75, 3.05) is 13.2 Å². The summed E-state index contributed by atoms with van der Waals surface area (Å²) in [7, 11) is 0. The minimum atomic E-state index is 0.246. The van der Waals surface area contributed by atoms with Gasteiger partial charge >= 0.3 is 0 Å². The van der Waals surface area contributed by atoms with Crippen LogP contribution in [0.25, 0.3) is 0 Å². The molecule has 0 heterocycles. The fourth-order valence-electron chi connectivity index (χ4n) is 2.33. The molecule has 0 amide bonds. The number of isocyanates is 1. The number of rotatable bonds is 6. The number of ether oxygens (including phenoxy) is 1. The molecule has 0 aliphatic heterocycles. The first-order valence-corrected chi connectivity index (χ1v) is 6.78. The van der Waals surface area contributed by atoms with Crippen LogP contribution in [-0.2, 0) is 4.79 Å². The molecule has 1 atom stereocenters. The van der Waals surface area contributed by atoms with E-state index in [0.29, 0.717) is 19.1 Å². The van der Waals surface area contributed by atoms with E-state index in [1.807, 2.05) is 13.8 Å². The van der Waals surface area contributed by atoms with E-state index in [9.17, 15) is 4.79 Å². The Morgan fingerprint density at radius 1 is 1.26 bits per heavy atom. The Morgan fingerprint density at radius 2 is 1.95 bits per heavy atom. The Balaban J connectivity index is 3.16. The predicted molar refractivity (Wildman–Crippen MR) is 77.7 cm³/mol. The van der Waals surface area contributed by atoms with Crippen LogP contribution in [0.15, 0.2) is 17.1 Å². The van der Waals surface area contributed by atoms with Gasteiger partial charge in [-0.3, -0.25) is 0 Å². The fraction of sp³-hybridized carbons (Fsp3) is 0.562. The van der Waals surface area contributed by atoms with Crippen LogP contribution in [0.4, 0.5) is 0 Å². The molecule has 0 saturated heterocycles. The molecule has 0 aliphatic rings. The van der Waals surface area contributed by atoms with Gasteiger partial charge in [0, 0.05) is 5.92 Å². The van der Waals surface area contributed by atoms with Crippen LogP contribution < -0.4 is 4.74 Å². The van der Waals surface area contributed by atoms with Crippen molar-refractivity contribution in [1.29, 1.82) is 0 Å². The maximum absolute atomic E-state index is 10.3. The van der Waals surface area contributed by atoms with E-state index in [1.165, 1.54) is 11.1 Å². The molecule has 0 aliphatic carbocycles. The van der Waals surface area contributed by atoms with Crippen LogP contribution in [0.3, 0.4) is 0 Å². The van der Waals surface area contributed by atoms with Crippen molar-refractivity contribution >= 4 is 6.08 Å². The zero-order valence-corrected chi connectivity index (χ0v) is 12.5. The van der Waals surface area contributed by atoms with E-state index in [-0.39, 0.29) is 5.92 Å². The second-order valence-electron chi connectivity index (χ2n) is 5.19. The summed E-state index contributed by atoms with van der Waals surface area (Å²) in [6, 6.07) is 4.24. The summed E-state index contributed by atoms with van der Waals surface area (Å²) in [6.07, 6.45) is 1.64. The Hall–Kier alpha value is -1.60. The van der Waals surface area contributed by atoms with Crippen molar-refractivity contribution in [3.05, 3.63) is 28.8 Å². The number of carbonyl (C=O) groups excluding carboxylic acids is 1. The van der Waals surface area contributed by atoms with Gasteiger partial charge in [0.1, 0.15) is 5.75 Å². The second kappa shape index (κ2) is 7.10. The quantitative estimate of drug-likeness (QED) is 0.577. The normalized spacial score (nSPS) is 12.1. The van der Waals surface area contributed by atoms with Crippen molar-refractivity contribution in [2.24, 2.45) is 10.9 Å². The minimum absolute atomic E-state index is 0.246. The second-order valence-corrected chi connectivity index (χ2v) is 5.19. The summed E-state index contributed by atoms with van der Waals surface area (Å²) in [4.78, 5) is 14.1. The molecule has 0 spiro atoms. The largest absolute Gasteiger partial charge is 0.494 e. The molecule has 19 heavy (non-hydrogen) atoms. The third-order valence-corrected chi connectivity index (χ3v) is 3.42. The van der Waals surface area contributed by atoms with Gasteiger partial charge in [-0.15, -0.1) is 0 Å². The number of hydrogen-bond acceptors (Lipinski definition) is 3. The molecule has 0 fully saturated rings. The highest BCUT2D eigenvalue weighted by Gasteiger charge is 2.19. The molecule has 3 nitrogen and oxygen atoms in total. The number of hydrogen-bond donors (Lipinski definition) is 0. The Kier molecular flexibility index (Phi) is 5.78. The molecule has 0 bridgehead atoms. The van der Waals surface area contributed by atoms with E-state index >= 15 is 0 Å². The smallest absolute Gasteiger partial charge is 0.234 e. The standard InChI is InChI=1S/C16H23NO2/c1-6-19-16-8-12(4)14(7-13(16)5)15(11(2)3)9-17-10-18/h7-8,11,15H,6,9H2,1-5H3. The Bertz CT molecular complexity index is 474. The molecule has 1 unspecified atom stereocenters. The number of aryl methyl sites for hydroxylation is 2. The lowest BCUT2D eigenvalue weighted by molar-refractivity contribution is 0.337. The average molecular weight is 261 g/mol. The topological polar surface area (TPSA) is 38.7 Å². The van der Waals surface area contributed by atoms with E-state index in [1.54, 1.807) is 6.08 Å². The number of benzene rings is 1. The monoisotopic (exact) mass is 261 g/mol. The van der Waals surface area contributed by atoms with Crippen molar-refractivity contribution in [3.8, 4) is 5.75 Å². The van der Waals surface area contributed by atoms with Crippen molar-refractivity contribution < 1.29 is 9.53 Å². The molecule has 0 N–H and O–H groups in total. The molecule has 1 aromatic carbocycles. The molecule has 3 heteroatoms. The van der Waals surface area contributed by atoms with Gasteiger partial charge in [-0.2, -0.15) is 0 Å². The summed E-state index contributed by atoms with van der Waals surface area (Å²) in [5.74, 6) is 1.61. The lowest BCUT2D eigenvalue weighted by Gasteiger charge is -2.22. The third kappa shape index (κ3) is 3.93. The highest BCUT2D eigenvalue weighted by Crippen LogP contribution is 2.32. The molecule has 104 valence electrons. The zero-order valence-electron chi connectivity index (χ0n) is 12.5. The fourth-order valence-corrected chi connectivity index (χ4v) is 2.33. The highest BCUT2D eigenvalue weighted by molar-refractivity contribution is 5.43. The number of nitrogens with zero attached hydrogens (tertiary/aromatic N) is 1. The van der Waals surface area contributed by atoms with Crippen LogP contribution in [0, 0.1) is 19.8 Å². The van der Waals surface area contributed by atoms with Gasteiger partial charge in [0.15, 0.2) is 0 Å². The van der Waals surface area contributed by atoms with Crippen LogP contribution in [0.1, 0.15) is 43.4 Å². The van der Waals surface area contributed by atoms with E-state index in [4.69, 9.17) is 4.74 Å². The zero-order chi connectivity index (χ0) is 14.4. The number of aliphatic imine (C=N–C) groups is 1. The van der Waals surface area contributed by atoms with Crippen LogP contribution in [0.5, 0.6) is 5.75 Å². The van der Waals surface area contributed by atoms with Gasteiger partial charge in [0.05, 0.1) is 13.2 Å². The Labute approximate surface area is 115 Å². The van der Waals surface area contributed by atoms with Crippen molar-refractivity contribution in [1.82, 2.24) is 0 Å². The van der Waals surface area contributed by atoms with Crippen LogP contribution in [-0.4, -0.2) is 19.2 Å². The maximum Gasteiger partial charge on any atom is 0.234 e. The molecular formula is C16H23NO2. The van der Waals surface area contributed by atoms with Crippen molar-refractivity contribution in [2.45, 2.75) is 40.5 Å². The Morgan fingerprint density at radius 3 is 2.47 bits per heavy atom. The summed E-state index contributed by atoms with van der Waals surface area (Å²) >= 11 is 0. The van der Waals surface area contributed by atoms with Crippen LogP contribution in [0.2, 0.25) is 0 Å². The predicted octanol–water partition coefficient (Wildman–Crippen LogP) is 3.78. The molecule has 0 radical (unpaired) electrons. The van der Waals surface area contributed by atoms with Gasteiger partial charge in [0.25, 0.3) is 0 Å². The molecule has 1 rings (SSSR count). The van der Waals surface area contributed by atoms with Gasteiger partial charge in [-0.05, 0) is 49.4 Å². The third-order valence-electron chi connectivity index (χ3n) is 3.42. The molecule has 1 aromatic rings. The van der Waals surface area contributed by atoms with E-state index in [2.05, 4.69) is 37.9 Å². The lowest BCUT2D eigenvalue weighted by atomic mass is 9.85. The summed E-state index contributed by atoms with van der Waals surface area (Å²) in [5.41, 5.74) is 3.56. The summed E-state index contributed by atoms with van der Waals surface area (Å²) < 4.78 is 5.61. The summed E-state index contributed by atoms with van der Waals surface area (Å²) in [5, 5.41) is 0. The van der Waals surface area contributed by atoms with Gasteiger partial charge in [-0.1, -0.05) is 19.9 Å². The lowest BCUT2D eigenvalue weighted by Crippen LogP contribution is -2.12. The molecule has 0 saturated carbocycles. The van der Waals surface area contributed by atoms with Crippen LogP contribution >= 0.6 is 0 Å². The SMILES string of the molecule is CCOc1cc(C)c(C(CN=C=O)C(C)C)cc1C. The maximum atomic E-state index is 10.3. The first-order chi connectivity index (χ1) is 9.01. The molecule has 0 aromatic heterocycles. The van der Waals surface area contributed by atoms with E-state index < -0.39 is 0 Å². The highest BCUT2D eigenvalue weighted by atomic mass is 16.5. The first-order valence-electron chi connectivity index (χ1n) is 6.78. The first kappa shape index (κ1) is 15.5. The minimum Gasteiger partial charge on any atom is -0.494 e. The van der Waals surface area contributed by atoms with Gasteiger partial charge in [0.2, 0.25) is 6.08 Å².